The molecule has 0 radical (unpaired) electrons. The van der Waals surface area contributed by atoms with Gasteiger partial charge in [0.05, 0.1) is 13.2 Å². The molecule has 1 aliphatic rings. The zero-order chi connectivity index (χ0) is 21.7. The average molecular weight is 419 g/mol. The lowest BCUT2D eigenvalue weighted by Gasteiger charge is -2.37. The minimum absolute atomic E-state index is 0.203. The summed E-state index contributed by atoms with van der Waals surface area (Å²) < 4.78 is 5.81. The summed E-state index contributed by atoms with van der Waals surface area (Å²) in [6, 6.07) is 8.23. The van der Waals surface area contributed by atoms with Crippen molar-refractivity contribution >= 4 is 5.96 Å². The standard InChI is InChI=1S/C24H42N4O2/c1-4-25-23(27-20-24(15-17-29)13-6-5-7-14-24)26-19-21-9-11-22(12-10-21)30-18-8-16-28(2)3/h9-12,29H,4-8,13-20H2,1-3H3,(H2,25,26,27). The molecule has 1 aromatic rings. The zero-order valence-electron chi connectivity index (χ0n) is 19.3. The lowest BCUT2D eigenvalue weighted by Crippen LogP contribution is -2.44. The molecule has 30 heavy (non-hydrogen) atoms. The van der Waals surface area contributed by atoms with Crippen molar-refractivity contribution in [3.05, 3.63) is 29.8 Å². The summed E-state index contributed by atoms with van der Waals surface area (Å²) >= 11 is 0. The molecule has 3 N–H and O–H groups in total. The summed E-state index contributed by atoms with van der Waals surface area (Å²) in [4.78, 5) is 6.94. The Bertz CT molecular complexity index is 605. The second-order valence-corrected chi connectivity index (χ2v) is 8.73. The second-order valence-electron chi connectivity index (χ2n) is 8.73. The molecule has 0 spiro atoms. The Kier molecular flexibility index (Phi) is 11.0. The van der Waals surface area contributed by atoms with Crippen LogP contribution in [-0.2, 0) is 6.54 Å². The van der Waals surface area contributed by atoms with Crippen molar-refractivity contribution in [1.29, 1.82) is 0 Å². The first-order valence-corrected chi connectivity index (χ1v) is 11.6. The molecule has 1 aromatic carbocycles. The number of hydrogen-bond donors (Lipinski definition) is 3. The van der Waals surface area contributed by atoms with Crippen LogP contribution in [0.1, 0.15) is 57.4 Å². The summed E-state index contributed by atoms with van der Waals surface area (Å²) in [5, 5.41) is 16.4. The Morgan fingerprint density at radius 3 is 2.50 bits per heavy atom. The molecule has 0 atom stereocenters. The molecule has 1 fully saturated rings. The highest BCUT2D eigenvalue weighted by atomic mass is 16.5. The van der Waals surface area contributed by atoms with Gasteiger partial charge in [0.25, 0.3) is 0 Å². The van der Waals surface area contributed by atoms with Gasteiger partial charge in [-0.25, -0.2) is 4.99 Å². The molecule has 0 unspecified atom stereocenters. The van der Waals surface area contributed by atoms with E-state index in [4.69, 9.17) is 9.73 Å². The van der Waals surface area contributed by atoms with Gasteiger partial charge in [-0.2, -0.15) is 0 Å². The fraction of sp³-hybridized carbons (Fsp3) is 0.708. The third-order valence-electron chi connectivity index (χ3n) is 5.89. The second kappa shape index (κ2) is 13.5. The van der Waals surface area contributed by atoms with Gasteiger partial charge in [0, 0.05) is 26.2 Å². The number of hydrogen-bond acceptors (Lipinski definition) is 4. The maximum Gasteiger partial charge on any atom is 0.191 e. The molecule has 1 saturated carbocycles. The highest BCUT2D eigenvalue weighted by Crippen LogP contribution is 2.38. The van der Waals surface area contributed by atoms with Crippen LogP contribution in [0.3, 0.4) is 0 Å². The maximum atomic E-state index is 9.53. The SMILES string of the molecule is CCNC(=NCc1ccc(OCCCN(C)C)cc1)NCC1(CCO)CCCCC1. The van der Waals surface area contributed by atoms with E-state index in [9.17, 15) is 5.11 Å². The third-order valence-corrected chi connectivity index (χ3v) is 5.89. The van der Waals surface area contributed by atoms with Crippen molar-refractivity contribution in [3.8, 4) is 5.75 Å². The van der Waals surface area contributed by atoms with E-state index in [0.29, 0.717) is 6.54 Å². The molecule has 0 amide bonds. The first-order chi connectivity index (χ1) is 14.6. The van der Waals surface area contributed by atoms with E-state index in [1.807, 2.05) is 12.1 Å². The lowest BCUT2D eigenvalue weighted by molar-refractivity contribution is 0.131. The number of ether oxygens (including phenoxy) is 1. The Balaban J connectivity index is 1.85. The van der Waals surface area contributed by atoms with E-state index in [0.717, 1.165) is 56.4 Å². The third kappa shape index (κ3) is 8.92. The normalized spacial score (nSPS) is 16.5. The van der Waals surface area contributed by atoms with Gasteiger partial charge in [-0.15, -0.1) is 0 Å². The van der Waals surface area contributed by atoms with Gasteiger partial charge < -0.3 is 25.4 Å². The average Bonchev–Trinajstić information content (AvgIpc) is 2.75. The Labute approximate surface area is 183 Å². The predicted octanol–water partition coefficient (Wildman–Crippen LogP) is 3.41. The molecule has 0 aliphatic heterocycles. The first-order valence-electron chi connectivity index (χ1n) is 11.6. The van der Waals surface area contributed by atoms with Crippen LogP contribution in [0.2, 0.25) is 0 Å². The van der Waals surface area contributed by atoms with Crippen LogP contribution in [0.5, 0.6) is 5.75 Å². The van der Waals surface area contributed by atoms with Crippen LogP contribution in [0.25, 0.3) is 0 Å². The number of nitrogens with one attached hydrogen (secondary N) is 2. The van der Waals surface area contributed by atoms with Gasteiger partial charge in [-0.1, -0.05) is 31.4 Å². The molecule has 2 rings (SSSR count). The number of rotatable bonds is 12. The van der Waals surface area contributed by atoms with Crippen molar-refractivity contribution in [2.75, 3.05) is 46.9 Å². The quantitative estimate of drug-likeness (QED) is 0.276. The van der Waals surface area contributed by atoms with Crippen molar-refractivity contribution < 1.29 is 9.84 Å². The molecule has 0 aromatic heterocycles. The van der Waals surface area contributed by atoms with Gasteiger partial charge in [0.15, 0.2) is 5.96 Å². The fourth-order valence-electron chi connectivity index (χ4n) is 4.10. The largest absolute Gasteiger partial charge is 0.494 e. The molecule has 0 heterocycles. The van der Waals surface area contributed by atoms with E-state index in [-0.39, 0.29) is 12.0 Å². The number of nitrogens with zero attached hydrogens (tertiary/aromatic N) is 2. The molecule has 0 saturated heterocycles. The topological polar surface area (TPSA) is 69.1 Å². The molecule has 170 valence electrons. The molecular formula is C24H42N4O2. The summed E-state index contributed by atoms with van der Waals surface area (Å²) in [6.45, 7) is 6.45. The number of guanidine groups is 1. The number of aliphatic hydroxyl groups excluding tert-OH is 1. The van der Waals surface area contributed by atoms with Gasteiger partial charge in [0.1, 0.15) is 5.75 Å². The van der Waals surface area contributed by atoms with Crippen molar-refractivity contribution in [3.63, 3.8) is 0 Å². The predicted molar refractivity (Wildman–Crippen MR) is 125 cm³/mol. The van der Waals surface area contributed by atoms with Crippen LogP contribution in [-0.4, -0.2) is 62.9 Å². The van der Waals surface area contributed by atoms with E-state index < -0.39 is 0 Å². The van der Waals surface area contributed by atoms with Gasteiger partial charge in [-0.3, -0.25) is 0 Å². The van der Waals surface area contributed by atoms with Gasteiger partial charge >= 0.3 is 0 Å². The highest BCUT2D eigenvalue weighted by molar-refractivity contribution is 5.79. The van der Waals surface area contributed by atoms with Crippen LogP contribution < -0.4 is 15.4 Å². The van der Waals surface area contributed by atoms with Crippen molar-refractivity contribution in [2.45, 2.75) is 58.4 Å². The van der Waals surface area contributed by atoms with Crippen LogP contribution in [0, 0.1) is 5.41 Å². The Morgan fingerprint density at radius 1 is 1.13 bits per heavy atom. The molecule has 1 aliphatic carbocycles. The Hall–Kier alpha value is -1.79. The lowest BCUT2D eigenvalue weighted by atomic mass is 9.72. The summed E-state index contributed by atoms with van der Waals surface area (Å²) in [7, 11) is 4.15. The van der Waals surface area contributed by atoms with Crippen molar-refractivity contribution in [1.82, 2.24) is 15.5 Å². The monoisotopic (exact) mass is 418 g/mol. The van der Waals surface area contributed by atoms with E-state index in [1.54, 1.807) is 0 Å². The summed E-state index contributed by atoms with van der Waals surface area (Å²) in [5.74, 6) is 1.76. The smallest absolute Gasteiger partial charge is 0.191 e. The zero-order valence-corrected chi connectivity index (χ0v) is 19.3. The fourth-order valence-corrected chi connectivity index (χ4v) is 4.10. The molecule has 0 bridgehead atoms. The van der Waals surface area contributed by atoms with Crippen LogP contribution in [0.15, 0.2) is 29.3 Å². The van der Waals surface area contributed by atoms with Gasteiger partial charge in [-0.05, 0) is 69.8 Å². The molecule has 6 nitrogen and oxygen atoms in total. The Morgan fingerprint density at radius 2 is 1.87 bits per heavy atom. The number of aliphatic hydroxyl groups is 1. The van der Waals surface area contributed by atoms with E-state index >= 15 is 0 Å². The first kappa shape index (κ1) is 24.5. The number of aliphatic imine (C=N–C) groups is 1. The summed E-state index contributed by atoms with van der Waals surface area (Å²) in [6.07, 6.45) is 8.12. The van der Waals surface area contributed by atoms with E-state index in [2.05, 4.69) is 48.7 Å². The van der Waals surface area contributed by atoms with Crippen LogP contribution in [0.4, 0.5) is 0 Å². The molecule has 6 heteroatoms. The van der Waals surface area contributed by atoms with Gasteiger partial charge in [0.2, 0.25) is 0 Å². The van der Waals surface area contributed by atoms with Crippen molar-refractivity contribution in [2.24, 2.45) is 10.4 Å². The number of benzene rings is 1. The minimum atomic E-state index is 0.203. The summed E-state index contributed by atoms with van der Waals surface area (Å²) in [5.41, 5.74) is 1.37. The maximum absolute atomic E-state index is 9.53. The highest BCUT2D eigenvalue weighted by Gasteiger charge is 2.31. The minimum Gasteiger partial charge on any atom is -0.494 e. The van der Waals surface area contributed by atoms with E-state index in [1.165, 1.54) is 32.1 Å². The van der Waals surface area contributed by atoms with Crippen LogP contribution >= 0.6 is 0 Å². The molecular weight excluding hydrogens is 376 g/mol.